The summed E-state index contributed by atoms with van der Waals surface area (Å²) in [6, 6.07) is 14.7. The zero-order valence-electron chi connectivity index (χ0n) is 18.9. The number of aromatic nitrogens is 1. The van der Waals surface area contributed by atoms with E-state index in [2.05, 4.69) is 34.1 Å². The minimum absolute atomic E-state index is 0.0660. The average Bonchev–Trinajstić information content (AvgIpc) is 3.55. The van der Waals surface area contributed by atoms with E-state index in [1.807, 2.05) is 32.0 Å². The standard InChI is InChI=1S/C26H33N3O3/c1-3-31-21-13-14-22-23(15-21)29(20-5-4-6-20)25(24(22)27)18-9-11-19(12-10-18)28-26(30)32-16(2)17-7-8-17/h9-17,20,26,28,30H,3-8,27H2,1-2H3. The summed E-state index contributed by atoms with van der Waals surface area (Å²) in [7, 11) is 0. The second-order valence-corrected chi connectivity index (χ2v) is 9.08. The summed E-state index contributed by atoms with van der Waals surface area (Å²) in [6.07, 6.45) is 5.00. The number of hydrogen-bond donors (Lipinski definition) is 3. The molecule has 2 aromatic carbocycles. The van der Waals surface area contributed by atoms with Crippen molar-refractivity contribution < 1.29 is 14.6 Å². The Kier molecular flexibility index (Phi) is 5.74. The lowest BCUT2D eigenvalue weighted by molar-refractivity contribution is -0.117. The molecule has 0 saturated heterocycles. The zero-order chi connectivity index (χ0) is 22.2. The van der Waals surface area contributed by atoms with Crippen molar-refractivity contribution in [2.75, 3.05) is 17.7 Å². The summed E-state index contributed by atoms with van der Waals surface area (Å²) in [6.45, 7) is 4.66. The Balaban J connectivity index is 1.43. The summed E-state index contributed by atoms with van der Waals surface area (Å²) in [5, 5.41) is 14.3. The molecule has 2 fully saturated rings. The molecule has 3 aromatic rings. The molecule has 1 aromatic heterocycles. The third-order valence-corrected chi connectivity index (χ3v) is 6.84. The minimum Gasteiger partial charge on any atom is -0.494 e. The number of nitrogens with zero attached hydrogens (tertiary/aromatic N) is 1. The number of rotatable bonds is 9. The summed E-state index contributed by atoms with van der Waals surface area (Å²) < 4.78 is 13.8. The van der Waals surface area contributed by atoms with Crippen LogP contribution in [0.4, 0.5) is 11.4 Å². The first-order valence-corrected chi connectivity index (χ1v) is 11.8. The van der Waals surface area contributed by atoms with Gasteiger partial charge in [-0.2, -0.15) is 0 Å². The molecule has 2 saturated carbocycles. The van der Waals surface area contributed by atoms with Crippen molar-refractivity contribution in [3.63, 3.8) is 0 Å². The molecule has 2 unspecified atom stereocenters. The highest BCUT2D eigenvalue weighted by molar-refractivity contribution is 6.01. The summed E-state index contributed by atoms with van der Waals surface area (Å²) >= 11 is 0. The fraction of sp³-hybridized carbons (Fsp3) is 0.462. The van der Waals surface area contributed by atoms with Gasteiger partial charge in [0.25, 0.3) is 0 Å². The molecule has 0 aliphatic heterocycles. The van der Waals surface area contributed by atoms with E-state index >= 15 is 0 Å². The molecular formula is C26H33N3O3. The van der Waals surface area contributed by atoms with Crippen LogP contribution in [-0.2, 0) is 4.74 Å². The van der Waals surface area contributed by atoms with Crippen LogP contribution in [0.2, 0.25) is 0 Å². The lowest BCUT2D eigenvalue weighted by atomic mass is 9.92. The second-order valence-electron chi connectivity index (χ2n) is 9.08. The van der Waals surface area contributed by atoms with Gasteiger partial charge in [0.05, 0.1) is 29.6 Å². The number of hydrogen-bond acceptors (Lipinski definition) is 5. The molecule has 170 valence electrons. The van der Waals surface area contributed by atoms with Crippen LogP contribution in [0.25, 0.3) is 22.2 Å². The monoisotopic (exact) mass is 435 g/mol. The minimum atomic E-state index is -1.01. The van der Waals surface area contributed by atoms with E-state index in [0.717, 1.165) is 52.1 Å². The van der Waals surface area contributed by atoms with Gasteiger partial charge >= 0.3 is 0 Å². The molecule has 0 radical (unpaired) electrons. The van der Waals surface area contributed by atoms with Crippen molar-refractivity contribution in [3.8, 4) is 17.0 Å². The van der Waals surface area contributed by atoms with Gasteiger partial charge in [-0.15, -0.1) is 0 Å². The highest BCUT2D eigenvalue weighted by Crippen LogP contribution is 2.45. The van der Waals surface area contributed by atoms with Crippen LogP contribution in [-0.4, -0.2) is 28.8 Å². The van der Waals surface area contributed by atoms with Gasteiger partial charge in [-0.3, -0.25) is 0 Å². The Morgan fingerprint density at radius 2 is 1.88 bits per heavy atom. The van der Waals surface area contributed by atoms with Crippen LogP contribution >= 0.6 is 0 Å². The predicted octanol–water partition coefficient (Wildman–Crippen LogP) is 5.52. The van der Waals surface area contributed by atoms with Gasteiger partial charge in [0.1, 0.15) is 5.75 Å². The molecule has 0 spiro atoms. The summed E-state index contributed by atoms with van der Waals surface area (Å²) in [4.78, 5) is 0. The van der Waals surface area contributed by atoms with E-state index in [1.165, 1.54) is 19.3 Å². The maximum atomic E-state index is 10.2. The first-order valence-electron chi connectivity index (χ1n) is 11.8. The third kappa shape index (κ3) is 4.05. The van der Waals surface area contributed by atoms with Gasteiger partial charge in [0.2, 0.25) is 6.41 Å². The number of fused-ring (bicyclic) bond motifs is 1. The fourth-order valence-corrected chi connectivity index (χ4v) is 4.67. The maximum Gasteiger partial charge on any atom is 0.235 e. The van der Waals surface area contributed by atoms with Crippen LogP contribution in [0.3, 0.4) is 0 Å². The molecule has 2 aliphatic rings. The highest BCUT2D eigenvalue weighted by atomic mass is 16.6. The summed E-state index contributed by atoms with van der Waals surface area (Å²) in [5.41, 5.74) is 11.6. The van der Waals surface area contributed by atoms with E-state index in [1.54, 1.807) is 0 Å². The molecule has 5 rings (SSSR count). The first kappa shape index (κ1) is 21.2. The molecule has 0 amide bonds. The number of benzene rings is 2. The number of nitrogen functional groups attached to an aromatic ring is 1. The number of nitrogens with two attached hydrogens (primary N) is 1. The van der Waals surface area contributed by atoms with Gasteiger partial charge in [-0.1, -0.05) is 12.1 Å². The van der Waals surface area contributed by atoms with Crippen molar-refractivity contribution in [1.29, 1.82) is 0 Å². The van der Waals surface area contributed by atoms with Crippen LogP contribution in [0.1, 0.15) is 52.0 Å². The van der Waals surface area contributed by atoms with Crippen molar-refractivity contribution in [2.45, 2.75) is 64.5 Å². The first-order chi connectivity index (χ1) is 15.5. The van der Waals surface area contributed by atoms with Crippen molar-refractivity contribution >= 4 is 22.3 Å². The SMILES string of the molecule is CCOc1ccc2c(N)c(-c3ccc(NC(O)OC(C)C4CC4)cc3)n(C3CCC3)c2c1. The summed E-state index contributed by atoms with van der Waals surface area (Å²) in [5.74, 6) is 1.45. The molecule has 6 heteroatoms. The lowest BCUT2D eigenvalue weighted by Gasteiger charge is -2.30. The van der Waals surface area contributed by atoms with Crippen LogP contribution in [0, 0.1) is 5.92 Å². The van der Waals surface area contributed by atoms with E-state index in [-0.39, 0.29) is 6.10 Å². The molecule has 6 nitrogen and oxygen atoms in total. The topological polar surface area (TPSA) is 81.7 Å². The average molecular weight is 436 g/mol. The van der Waals surface area contributed by atoms with Crippen LogP contribution in [0.15, 0.2) is 42.5 Å². The molecule has 0 bridgehead atoms. The Hall–Kier alpha value is -2.70. The molecule has 4 N–H and O–H groups in total. The number of aliphatic hydroxyl groups is 1. The van der Waals surface area contributed by atoms with Gasteiger partial charge < -0.3 is 30.2 Å². The van der Waals surface area contributed by atoms with Crippen LogP contribution < -0.4 is 15.8 Å². The molecule has 32 heavy (non-hydrogen) atoms. The Labute approximate surface area is 189 Å². The van der Waals surface area contributed by atoms with E-state index in [9.17, 15) is 5.11 Å². The molecule has 2 atom stereocenters. The van der Waals surface area contributed by atoms with E-state index < -0.39 is 6.41 Å². The van der Waals surface area contributed by atoms with Gasteiger partial charge in [-0.05, 0) is 76.1 Å². The maximum absolute atomic E-state index is 10.2. The fourth-order valence-electron chi connectivity index (χ4n) is 4.67. The number of nitrogens with one attached hydrogen (secondary N) is 1. The van der Waals surface area contributed by atoms with Crippen molar-refractivity contribution in [1.82, 2.24) is 4.57 Å². The van der Waals surface area contributed by atoms with Crippen molar-refractivity contribution in [3.05, 3.63) is 42.5 Å². The predicted molar refractivity (Wildman–Crippen MR) is 129 cm³/mol. The number of aliphatic hydroxyl groups excluding tert-OH is 1. The lowest BCUT2D eigenvalue weighted by Crippen LogP contribution is -2.28. The van der Waals surface area contributed by atoms with Gasteiger partial charge in [0, 0.05) is 28.7 Å². The Morgan fingerprint density at radius 3 is 2.50 bits per heavy atom. The molecular weight excluding hydrogens is 402 g/mol. The zero-order valence-corrected chi connectivity index (χ0v) is 18.9. The van der Waals surface area contributed by atoms with E-state index in [0.29, 0.717) is 18.6 Å². The largest absolute Gasteiger partial charge is 0.494 e. The Morgan fingerprint density at radius 1 is 1.12 bits per heavy atom. The van der Waals surface area contributed by atoms with E-state index in [4.69, 9.17) is 15.2 Å². The highest BCUT2D eigenvalue weighted by Gasteiger charge is 2.30. The van der Waals surface area contributed by atoms with Gasteiger partial charge in [-0.25, -0.2) is 0 Å². The van der Waals surface area contributed by atoms with Crippen molar-refractivity contribution in [2.24, 2.45) is 5.92 Å². The normalized spacial score (nSPS) is 18.3. The Bertz CT molecular complexity index is 1080. The molecule has 1 heterocycles. The van der Waals surface area contributed by atoms with Crippen LogP contribution in [0.5, 0.6) is 5.75 Å². The smallest absolute Gasteiger partial charge is 0.235 e. The number of ether oxygens (including phenoxy) is 2. The quantitative estimate of drug-likeness (QED) is 0.386. The third-order valence-electron chi connectivity index (χ3n) is 6.84. The number of anilines is 2. The van der Waals surface area contributed by atoms with Gasteiger partial charge in [0.15, 0.2) is 0 Å². The molecule has 2 aliphatic carbocycles. The second kappa shape index (κ2) is 8.68.